The highest BCUT2D eigenvalue weighted by molar-refractivity contribution is 5.28. The van der Waals surface area contributed by atoms with Gasteiger partial charge in [-0.05, 0) is 48.8 Å². The van der Waals surface area contributed by atoms with Crippen LogP contribution in [-0.4, -0.2) is 73.4 Å². The fraction of sp³-hybridized carbons (Fsp3) is 0.500. The van der Waals surface area contributed by atoms with Crippen molar-refractivity contribution in [1.29, 1.82) is 0 Å². The molecule has 2 N–H and O–H groups in total. The zero-order valence-corrected chi connectivity index (χ0v) is 17.9. The second-order valence-corrected chi connectivity index (χ2v) is 7.87. The van der Waals surface area contributed by atoms with E-state index in [1.54, 1.807) is 6.07 Å². The van der Waals surface area contributed by atoms with Crippen molar-refractivity contribution in [2.75, 3.05) is 52.4 Å². The molecule has 30 heavy (non-hydrogen) atoms. The van der Waals surface area contributed by atoms with Gasteiger partial charge in [-0.15, -0.1) is 0 Å². The Hall–Kier alpha value is -1.99. The number of benzene rings is 2. The number of nitrogens with one attached hydrogen (secondary N) is 1. The molecule has 0 radical (unpaired) electrons. The molecule has 2 aromatic rings. The van der Waals surface area contributed by atoms with Crippen LogP contribution in [0.2, 0.25) is 0 Å². The first-order chi connectivity index (χ1) is 14.6. The number of ether oxygens (including phenoxy) is 1. The SMILES string of the molecule is CCN1CCN(CC(O)COc2cccc(CNCCc3ccccc3F)c2)CC1. The van der Waals surface area contributed by atoms with Crippen molar-refractivity contribution in [1.82, 2.24) is 15.1 Å². The molecule has 6 heteroatoms. The Morgan fingerprint density at radius 2 is 1.83 bits per heavy atom. The number of hydrogen-bond donors (Lipinski definition) is 2. The molecule has 1 unspecified atom stereocenters. The highest BCUT2D eigenvalue weighted by atomic mass is 19.1. The number of rotatable bonds is 11. The summed E-state index contributed by atoms with van der Waals surface area (Å²) in [6.07, 6.45) is 0.155. The molecule has 1 heterocycles. The van der Waals surface area contributed by atoms with Gasteiger partial charge in [-0.3, -0.25) is 4.90 Å². The quantitative estimate of drug-likeness (QED) is 0.553. The molecule has 1 atom stereocenters. The fourth-order valence-electron chi connectivity index (χ4n) is 3.73. The molecule has 3 rings (SSSR count). The van der Waals surface area contributed by atoms with E-state index in [1.165, 1.54) is 6.07 Å². The van der Waals surface area contributed by atoms with Crippen LogP contribution in [0.1, 0.15) is 18.1 Å². The van der Waals surface area contributed by atoms with Crippen LogP contribution >= 0.6 is 0 Å². The molecule has 0 saturated carbocycles. The first-order valence-electron chi connectivity index (χ1n) is 10.9. The number of β-amino-alcohol motifs (C(OH)–C–C–N with tert-alkyl or cyclic N) is 1. The smallest absolute Gasteiger partial charge is 0.126 e. The predicted octanol–water partition coefficient (Wildman–Crippen LogP) is 2.54. The van der Waals surface area contributed by atoms with Gasteiger partial charge in [-0.2, -0.15) is 0 Å². The molecular formula is C24H34FN3O2. The molecule has 1 fully saturated rings. The van der Waals surface area contributed by atoms with Gasteiger partial charge in [0.15, 0.2) is 0 Å². The molecule has 1 aliphatic heterocycles. The zero-order chi connectivity index (χ0) is 21.2. The Bertz CT molecular complexity index is 766. The monoisotopic (exact) mass is 415 g/mol. The van der Waals surface area contributed by atoms with E-state index < -0.39 is 6.10 Å². The number of piperazine rings is 1. The van der Waals surface area contributed by atoms with Gasteiger partial charge in [0, 0.05) is 39.3 Å². The third-order valence-corrected chi connectivity index (χ3v) is 5.58. The maximum atomic E-state index is 13.7. The highest BCUT2D eigenvalue weighted by Crippen LogP contribution is 2.14. The van der Waals surface area contributed by atoms with Gasteiger partial charge < -0.3 is 20.1 Å². The summed E-state index contributed by atoms with van der Waals surface area (Å²) in [6.45, 7) is 9.74. The molecule has 0 aliphatic carbocycles. The number of likely N-dealkylation sites (N-methyl/N-ethyl adjacent to an activating group) is 1. The van der Waals surface area contributed by atoms with Crippen LogP contribution in [0.3, 0.4) is 0 Å². The van der Waals surface area contributed by atoms with Crippen molar-refractivity contribution in [3.8, 4) is 5.75 Å². The lowest BCUT2D eigenvalue weighted by Crippen LogP contribution is -2.49. The van der Waals surface area contributed by atoms with E-state index >= 15 is 0 Å². The van der Waals surface area contributed by atoms with Crippen molar-refractivity contribution in [2.45, 2.75) is 26.0 Å². The second-order valence-electron chi connectivity index (χ2n) is 7.87. The maximum Gasteiger partial charge on any atom is 0.126 e. The third kappa shape index (κ3) is 7.36. The molecule has 0 bridgehead atoms. The Kier molecular flexibility index (Phi) is 9.08. The number of hydrogen-bond acceptors (Lipinski definition) is 5. The van der Waals surface area contributed by atoms with Crippen LogP contribution < -0.4 is 10.1 Å². The lowest BCUT2D eigenvalue weighted by atomic mass is 10.1. The summed E-state index contributed by atoms with van der Waals surface area (Å²) in [6, 6.07) is 14.8. The van der Waals surface area contributed by atoms with Gasteiger partial charge in [0.1, 0.15) is 24.3 Å². The topological polar surface area (TPSA) is 48.0 Å². The number of nitrogens with zero attached hydrogens (tertiary/aromatic N) is 2. The van der Waals surface area contributed by atoms with Crippen LogP contribution in [0.25, 0.3) is 0 Å². The van der Waals surface area contributed by atoms with E-state index in [4.69, 9.17) is 4.74 Å². The van der Waals surface area contributed by atoms with Gasteiger partial charge in [-0.1, -0.05) is 37.3 Å². The molecular weight excluding hydrogens is 381 g/mol. The van der Waals surface area contributed by atoms with Crippen molar-refractivity contribution >= 4 is 0 Å². The van der Waals surface area contributed by atoms with Crippen molar-refractivity contribution in [3.63, 3.8) is 0 Å². The van der Waals surface area contributed by atoms with Crippen LogP contribution in [-0.2, 0) is 13.0 Å². The van der Waals surface area contributed by atoms with Gasteiger partial charge in [0.25, 0.3) is 0 Å². The lowest BCUT2D eigenvalue weighted by molar-refractivity contribution is 0.0471. The first-order valence-corrected chi connectivity index (χ1v) is 10.9. The normalized spacial score (nSPS) is 16.5. The van der Waals surface area contributed by atoms with Crippen LogP contribution in [0.5, 0.6) is 5.75 Å². The van der Waals surface area contributed by atoms with Crippen molar-refractivity contribution in [3.05, 3.63) is 65.5 Å². The summed E-state index contributed by atoms with van der Waals surface area (Å²) in [7, 11) is 0. The van der Waals surface area contributed by atoms with E-state index in [-0.39, 0.29) is 12.4 Å². The fourth-order valence-corrected chi connectivity index (χ4v) is 3.73. The molecule has 1 saturated heterocycles. The number of aliphatic hydroxyl groups is 1. The largest absolute Gasteiger partial charge is 0.491 e. The third-order valence-electron chi connectivity index (χ3n) is 5.58. The first kappa shape index (κ1) is 22.7. The Balaban J connectivity index is 1.36. The number of halogens is 1. The Labute approximate surface area is 179 Å². The second kappa shape index (κ2) is 12.0. The summed E-state index contributed by atoms with van der Waals surface area (Å²) >= 11 is 0. The molecule has 5 nitrogen and oxygen atoms in total. The minimum Gasteiger partial charge on any atom is -0.491 e. The summed E-state index contributed by atoms with van der Waals surface area (Å²) in [5.74, 6) is 0.610. The van der Waals surface area contributed by atoms with E-state index in [0.29, 0.717) is 26.1 Å². The van der Waals surface area contributed by atoms with Crippen LogP contribution in [0.4, 0.5) is 4.39 Å². The summed E-state index contributed by atoms with van der Waals surface area (Å²) in [4.78, 5) is 4.73. The van der Waals surface area contributed by atoms with Crippen LogP contribution in [0.15, 0.2) is 48.5 Å². The minimum absolute atomic E-state index is 0.152. The van der Waals surface area contributed by atoms with Gasteiger partial charge >= 0.3 is 0 Å². The maximum absolute atomic E-state index is 13.7. The van der Waals surface area contributed by atoms with Crippen molar-refractivity contribution in [2.24, 2.45) is 0 Å². The van der Waals surface area contributed by atoms with E-state index in [2.05, 4.69) is 22.0 Å². The Morgan fingerprint density at radius 3 is 2.60 bits per heavy atom. The van der Waals surface area contributed by atoms with Gasteiger partial charge in [0.05, 0.1) is 0 Å². The van der Waals surface area contributed by atoms with Gasteiger partial charge in [-0.25, -0.2) is 4.39 Å². The van der Waals surface area contributed by atoms with E-state index in [9.17, 15) is 9.50 Å². The summed E-state index contributed by atoms with van der Waals surface area (Å²) < 4.78 is 19.5. The average Bonchev–Trinajstić information content (AvgIpc) is 2.77. The molecule has 1 aliphatic rings. The number of aliphatic hydroxyl groups excluding tert-OH is 1. The summed E-state index contributed by atoms with van der Waals surface area (Å²) in [5.41, 5.74) is 1.83. The summed E-state index contributed by atoms with van der Waals surface area (Å²) in [5, 5.41) is 13.7. The molecule has 0 spiro atoms. The van der Waals surface area contributed by atoms with Gasteiger partial charge in [0.2, 0.25) is 0 Å². The van der Waals surface area contributed by atoms with Crippen molar-refractivity contribution < 1.29 is 14.2 Å². The molecule has 0 amide bonds. The standard InChI is InChI=1S/C24H34FN3O2/c1-2-27-12-14-28(15-13-27)18-22(29)19-30-23-8-5-6-20(16-23)17-26-11-10-21-7-3-4-9-24(21)25/h3-9,16,22,26,29H,2,10-15,17-19H2,1H3. The highest BCUT2D eigenvalue weighted by Gasteiger charge is 2.18. The van der Waals surface area contributed by atoms with E-state index in [1.807, 2.05) is 36.4 Å². The molecule has 164 valence electrons. The molecule has 2 aromatic carbocycles. The van der Waals surface area contributed by atoms with Crippen LogP contribution in [0, 0.1) is 5.82 Å². The zero-order valence-electron chi connectivity index (χ0n) is 17.9. The minimum atomic E-state index is -0.499. The lowest BCUT2D eigenvalue weighted by Gasteiger charge is -2.34. The predicted molar refractivity (Wildman–Crippen MR) is 118 cm³/mol. The van der Waals surface area contributed by atoms with E-state index in [0.717, 1.165) is 49.6 Å². The average molecular weight is 416 g/mol. The Morgan fingerprint density at radius 1 is 1.07 bits per heavy atom. The molecule has 0 aromatic heterocycles.